The first-order chi connectivity index (χ1) is 12.3. The highest BCUT2D eigenvalue weighted by Gasteiger charge is 2.29. The van der Waals surface area contributed by atoms with Crippen LogP contribution in [0.25, 0.3) is 11.5 Å². The van der Waals surface area contributed by atoms with E-state index in [0.29, 0.717) is 11.3 Å². The maximum Gasteiger partial charge on any atom is 0.235 e. The standard InChI is InChI=1S/C18H17FN2O4S/c1-21(2)18-17(26(22,23)15-9-7-13(19)8-10-15)20-16(25-18)12-5-4-6-14(11-12)24-3/h4-11H,1-3H3. The number of ether oxygens (including phenoxy) is 1. The van der Waals surface area contributed by atoms with E-state index in [-0.39, 0.29) is 21.7 Å². The summed E-state index contributed by atoms with van der Waals surface area (Å²) in [4.78, 5) is 5.66. The highest BCUT2D eigenvalue weighted by Crippen LogP contribution is 2.34. The summed E-state index contributed by atoms with van der Waals surface area (Å²) in [6.07, 6.45) is 0. The van der Waals surface area contributed by atoms with E-state index in [1.165, 1.54) is 24.1 Å². The average Bonchev–Trinajstić information content (AvgIpc) is 3.09. The lowest BCUT2D eigenvalue weighted by Crippen LogP contribution is -2.13. The van der Waals surface area contributed by atoms with E-state index in [4.69, 9.17) is 9.15 Å². The van der Waals surface area contributed by atoms with Crippen LogP contribution in [0.15, 0.2) is 62.9 Å². The zero-order valence-electron chi connectivity index (χ0n) is 14.4. The molecule has 136 valence electrons. The molecular weight excluding hydrogens is 359 g/mol. The Morgan fingerprint density at radius 2 is 1.81 bits per heavy atom. The van der Waals surface area contributed by atoms with Crippen LogP contribution in [-0.4, -0.2) is 34.6 Å². The Morgan fingerprint density at radius 1 is 1.12 bits per heavy atom. The topological polar surface area (TPSA) is 72.6 Å². The van der Waals surface area contributed by atoms with Crippen molar-refractivity contribution in [3.63, 3.8) is 0 Å². The van der Waals surface area contributed by atoms with Crippen molar-refractivity contribution < 1.29 is 22.0 Å². The molecule has 3 aromatic rings. The van der Waals surface area contributed by atoms with Gasteiger partial charge in [0.2, 0.25) is 26.6 Å². The normalized spacial score (nSPS) is 11.4. The summed E-state index contributed by atoms with van der Waals surface area (Å²) in [5, 5.41) is -0.230. The van der Waals surface area contributed by atoms with Gasteiger partial charge in [0, 0.05) is 19.7 Å². The Balaban J connectivity index is 2.15. The fraction of sp³-hybridized carbons (Fsp3) is 0.167. The molecule has 0 aliphatic rings. The van der Waals surface area contributed by atoms with Crippen LogP contribution in [0, 0.1) is 5.82 Å². The van der Waals surface area contributed by atoms with Gasteiger partial charge < -0.3 is 14.1 Å². The maximum absolute atomic E-state index is 13.1. The molecule has 0 atom stereocenters. The first-order valence-corrected chi connectivity index (χ1v) is 9.14. The van der Waals surface area contributed by atoms with Crippen LogP contribution in [0.4, 0.5) is 10.3 Å². The summed E-state index contributed by atoms with van der Waals surface area (Å²) in [5.74, 6) is 0.310. The fourth-order valence-corrected chi connectivity index (χ4v) is 3.74. The summed E-state index contributed by atoms with van der Waals surface area (Å²) in [6.45, 7) is 0. The van der Waals surface area contributed by atoms with Gasteiger partial charge in [0.05, 0.1) is 12.0 Å². The molecule has 3 rings (SSSR count). The van der Waals surface area contributed by atoms with Crippen LogP contribution in [0.1, 0.15) is 0 Å². The molecule has 0 aliphatic carbocycles. The van der Waals surface area contributed by atoms with E-state index < -0.39 is 15.7 Å². The molecule has 6 nitrogen and oxygen atoms in total. The van der Waals surface area contributed by atoms with Crippen molar-refractivity contribution in [1.82, 2.24) is 4.98 Å². The minimum Gasteiger partial charge on any atom is -0.497 e. The minimum absolute atomic E-state index is 0.0625. The molecule has 2 aromatic carbocycles. The van der Waals surface area contributed by atoms with E-state index in [1.54, 1.807) is 38.4 Å². The molecule has 0 spiro atoms. The summed E-state index contributed by atoms with van der Waals surface area (Å²) in [6, 6.07) is 11.5. The van der Waals surface area contributed by atoms with Gasteiger partial charge in [-0.25, -0.2) is 12.8 Å². The number of oxazole rings is 1. The van der Waals surface area contributed by atoms with Crippen LogP contribution in [0.2, 0.25) is 0 Å². The Morgan fingerprint density at radius 3 is 2.42 bits per heavy atom. The Kier molecular flexibility index (Phi) is 4.69. The van der Waals surface area contributed by atoms with Crippen molar-refractivity contribution in [2.24, 2.45) is 0 Å². The van der Waals surface area contributed by atoms with Crippen LogP contribution >= 0.6 is 0 Å². The van der Waals surface area contributed by atoms with Gasteiger partial charge in [0.1, 0.15) is 11.6 Å². The SMILES string of the molecule is COc1cccc(-c2nc(S(=O)(=O)c3ccc(F)cc3)c(N(C)C)o2)c1. The van der Waals surface area contributed by atoms with Crippen molar-refractivity contribution in [2.45, 2.75) is 9.92 Å². The van der Waals surface area contributed by atoms with Gasteiger partial charge in [-0.15, -0.1) is 0 Å². The second-order valence-electron chi connectivity index (χ2n) is 5.71. The third-order valence-corrected chi connectivity index (χ3v) is 5.35. The predicted molar refractivity (Wildman–Crippen MR) is 94.7 cm³/mol. The molecule has 8 heteroatoms. The second kappa shape index (κ2) is 6.80. The lowest BCUT2D eigenvalue weighted by molar-refractivity contribution is 0.414. The molecule has 0 fully saturated rings. The van der Waals surface area contributed by atoms with E-state index in [9.17, 15) is 12.8 Å². The number of hydrogen-bond donors (Lipinski definition) is 0. The van der Waals surface area contributed by atoms with E-state index in [1.807, 2.05) is 0 Å². The zero-order valence-corrected chi connectivity index (χ0v) is 15.2. The Labute approximate surface area is 150 Å². The van der Waals surface area contributed by atoms with E-state index in [0.717, 1.165) is 12.1 Å². The van der Waals surface area contributed by atoms with Crippen molar-refractivity contribution >= 4 is 15.7 Å². The molecule has 26 heavy (non-hydrogen) atoms. The molecular formula is C18H17FN2O4S. The van der Waals surface area contributed by atoms with Gasteiger partial charge in [-0.2, -0.15) is 4.98 Å². The lowest BCUT2D eigenvalue weighted by Gasteiger charge is -2.10. The fourth-order valence-electron chi connectivity index (χ4n) is 2.36. The lowest BCUT2D eigenvalue weighted by atomic mass is 10.2. The molecule has 0 aliphatic heterocycles. The molecule has 0 unspecified atom stereocenters. The van der Waals surface area contributed by atoms with Crippen molar-refractivity contribution in [3.8, 4) is 17.2 Å². The number of methoxy groups -OCH3 is 1. The van der Waals surface area contributed by atoms with Crippen molar-refractivity contribution in [3.05, 3.63) is 54.3 Å². The number of sulfone groups is 1. The summed E-state index contributed by atoms with van der Waals surface area (Å²) in [5.41, 5.74) is 0.577. The smallest absolute Gasteiger partial charge is 0.235 e. The number of nitrogens with zero attached hydrogens (tertiary/aromatic N) is 2. The third-order valence-electron chi connectivity index (χ3n) is 3.68. The molecule has 1 heterocycles. The van der Waals surface area contributed by atoms with Crippen LogP contribution in [0.3, 0.4) is 0 Å². The summed E-state index contributed by atoms with van der Waals surface area (Å²) < 4.78 is 49.9. The van der Waals surface area contributed by atoms with Gasteiger partial charge in [-0.05, 0) is 42.5 Å². The van der Waals surface area contributed by atoms with Gasteiger partial charge in [0.15, 0.2) is 0 Å². The second-order valence-corrected chi connectivity index (χ2v) is 7.58. The number of rotatable bonds is 5. The number of aromatic nitrogens is 1. The monoisotopic (exact) mass is 376 g/mol. The third kappa shape index (κ3) is 3.28. The molecule has 1 aromatic heterocycles. The number of hydrogen-bond acceptors (Lipinski definition) is 6. The van der Waals surface area contributed by atoms with Gasteiger partial charge in [0.25, 0.3) is 0 Å². The molecule has 0 amide bonds. The van der Waals surface area contributed by atoms with Gasteiger partial charge in [-0.1, -0.05) is 6.07 Å². The quantitative estimate of drug-likeness (QED) is 0.636. The number of halogens is 1. The van der Waals surface area contributed by atoms with E-state index >= 15 is 0 Å². The van der Waals surface area contributed by atoms with E-state index in [2.05, 4.69) is 4.98 Å². The zero-order chi connectivity index (χ0) is 18.9. The minimum atomic E-state index is -3.98. The van der Waals surface area contributed by atoms with Gasteiger partial charge in [-0.3, -0.25) is 0 Å². The van der Waals surface area contributed by atoms with Crippen molar-refractivity contribution in [2.75, 3.05) is 26.1 Å². The summed E-state index contributed by atoms with van der Waals surface area (Å²) in [7, 11) is 0.858. The predicted octanol–water partition coefficient (Wildman–Crippen LogP) is 3.39. The molecule has 0 bridgehead atoms. The van der Waals surface area contributed by atoms with Crippen LogP contribution < -0.4 is 9.64 Å². The highest BCUT2D eigenvalue weighted by atomic mass is 32.2. The highest BCUT2D eigenvalue weighted by molar-refractivity contribution is 7.91. The first kappa shape index (κ1) is 17.9. The number of anilines is 1. The molecule has 0 N–H and O–H groups in total. The molecule has 0 saturated heterocycles. The van der Waals surface area contributed by atoms with Crippen LogP contribution in [-0.2, 0) is 9.84 Å². The van der Waals surface area contributed by atoms with Crippen molar-refractivity contribution in [1.29, 1.82) is 0 Å². The molecule has 0 radical (unpaired) electrons. The van der Waals surface area contributed by atoms with Crippen LogP contribution in [0.5, 0.6) is 5.75 Å². The van der Waals surface area contributed by atoms with Gasteiger partial charge >= 0.3 is 0 Å². The Bertz CT molecular complexity index is 1030. The molecule has 0 saturated carbocycles. The largest absolute Gasteiger partial charge is 0.497 e. The Hall–Kier alpha value is -2.87. The first-order valence-electron chi connectivity index (χ1n) is 7.66. The summed E-state index contributed by atoms with van der Waals surface area (Å²) >= 11 is 0. The number of benzene rings is 2. The average molecular weight is 376 g/mol. The maximum atomic E-state index is 13.1.